The van der Waals surface area contributed by atoms with Gasteiger partial charge in [0, 0.05) is 24.2 Å². The predicted octanol–water partition coefficient (Wildman–Crippen LogP) is 3.72. The zero-order valence-electron chi connectivity index (χ0n) is 13.1. The van der Waals surface area contributed by atoms with Crippen LogP contribution in [-0.4, -0.2) is 31.3 Å². The van der Waals surface area contributed by atoms with Crippen LogP contribution >= 0.6 is 11.8 Å². The summed E-state index contributed by atoms with van der Waals surface area (Å²) in [5.41, 5.74) is 1.18. The molecular weight excluding hydrogens is 270 g/mol. The Morgan fingerprint density at radius 3 is 2.75 bits per heavy atom. The third kappa shape index (κ3) is 6.53. The van der Waals surface area contributed by atoms with Crippen LogP contribution in [-0.2, 0) is 6.54 Å². The van der Waals surface area contributed by atoms with Crippen LogP contribution in [0, 0.1) is 0 Å². The summed E-state index contributed by atoms with van der Waals surface area (Å²) in [6, 6.07) is 6.50. The lowest BCUT2D eigenvalue weighted by atomic mass is 10.2. The molecule has 0 saturated heterocycles. The summed E-state index contributed by atoms with van der Waals surface area (Å²) in [7, 11) is 1.68. The van der Waals surface area contributed by atoms with Gasteiger partial charge in [-0.15, -0.1) is 0 Å². The van der Waals surface area contributed by atoms with Gasteiger partial charge in [-0.1, -0.05) is 26.8 Å². The smallest absolute Gasteiger partial charge is 0.127 e. The lowest BCUT2D eigenvalue weighted by molar-refractivity contribution is 0.311. The number of methoxy groups -OCH3 is 1. The van der Waals surface area contributed by atoms with Crippen molar-refractivity contribution in [1.82, 2.24) is 5.32 Å². The highest BCUT2D eigenvalue weighted by molar-refractivity contribution is 7.99. The lowest BCUT2D eigenvalue weighted by Gasteiger charge is -2.15. The molecular formula is C16H27NO2S. The summed E-state index contributed by atoms with van der Waals surface area (Å²) in [6.07, 6.45) is 1.08. The molecule has 0 aromatic heterocycles. The maximum Gasteiger partial charge on any atom is 0.127 e. The molecule has 0 fully saturated rings. The van der Waals surface area contributed by atoms with Gasteiger partial charge in [0.2, 0.25) is 0 Å². The highest BCUT2D eigenvalue weighted by Crippen LogP contribution is 2.25. The van der Waals surface area contributed by atoms with E-state index < -0.39 is 0 Å². The Morgan fingerprint density at radius 1 is 1.30 bits per heavy atom. The molecule has 0 unspecified atom stereocenters. The van der Waals surface area contributed by atoms with E-state index in [-0.39, 0.29) is 0 Å². The molecule has 1 aromatic carbocycles. The number of hydrogen-bond acceptors (Lipinski definition) is 4. The molecule has 1 rings (SSSR count). The van der Waals surface area contributed by atoms with Gasteiger partial charge in [0.25, 0.3) is 0 Å². The first-order valence-electron chi connectivity index (χ1n) is 7.28. The van der Waals surface area contributed by atoms with Gasteiger partial charge in [0.05, 0.1) is 13.7 Å². The SMILES string of the molecule is CCSCCCOc1cc(OC)ccc1CNC(C)C. The zero-order chi connectivity index (χ0) is 14.8. The van der Waals surface area contributed by atoms with Crippen molar-refractivity contribution in [3.63, 3.8) is 0 Å². The van der Waals surface area contributed by atoms with Crippen LogP contribution in [0.3, 0.4) is 0 Å². The van der Waals surface area contributed by atoms with Gasteiger partial charge < -0.3 is 14.8 Å². The molecule has 0 saturated carbocycles. The molecule has 1 N–H and O–H groups in total. The van der Waals surface area contributed by atoms with Crippen molar-refractivity contribution in [3.05, 3.63) is 23.8 Å². The van der Waals surface area contributed by atoms with Gasteiger partial charge in [0.1, 0.15) is 11.5 Å². The molecule has 0 aliphatic carbocycles. The maximum absolute atomic E-state index is 5.93. The fourth-order valence-electron chi connectivity index (χ4n) is 1.74. The first-order valence-corrected chi connectivity index (χ1v) is 8.43. The van der Waals surface area contributed by atoms with E-state index in [0.29, 0.717) is 6.04 Å². The van der Waals surface area contributed by atoms with Crippen LogP contribution in [0.5, 0.6) is 11.5 Å². The first-order chi connectivity index (χ1) is 9.67. The fraction of sp³-hybridized carbons (Fsp3) is 0.625. The molecule has 0 aliphatic heterocycles. The summed E-state index contributed by atoms with van der Waals surface area (Å²) in [6.45, 7) is 8.05. The van der Waals surface area contributed by atoms with Gasteiger partial charge in [-0.3, -0.25) is 0 Å². The van der Waals surface area contributed by atoms with Crippen molar-refractivity contribution in [2.45, 2.75) is 39.8 Å². The zero-order valence-corrected chi connectivity index (χ0v) is 13.9. The highest BCUT2D eigenvalue weighted by atomic mass is 32.2. The Bertz CT molecular complexity index is 383. The molecule has 3 nitrogen and oxygen atoms in total. The lowest BCUT2D eigenvalue weighted by Crippen LogP contribution is -2.22. The van der Waals surface area contributed by atoms with Gasteiger partial charge in [-0.25, -0.2) is 0 Å². The molecule has 1 aromatic rings. The van der Waals surface area contributed by atoms with E-state index >= 15 is 0 Å². The van der Waals surface area contributed by atoms with Crippen molar-refractivity contribution in [1.29, 1.82) is 0 Å². The second kappa shape index (κ2) is 9.94. The van der Waals surface area contributed by atoms with Crippen LogP contribution in [0.25, 0.3) is 0 Å². The number of nitrogens with one attached hydrogen (secondary N) is 1. The van der Waals surface area contributed by atoms with E-state index in [2.05, 4.69) is 32.2 Å². The largest absolute Gasteiger partial charge is 0.497 e. The molecule has 4 heteroatoms. The average Bonchev–Trinajstić information content (AvgIpc) is 2.45. The number of ether oxygens (including phenoxy) is 2. The quantitative estimate of drug-likeness (QED) is 0.667. The van der Waals surface area contributed by atoms with Crippen molar-refractivity contribution in [3.8, 4) is 11.5 Å². The highest BCUT2D eigenvalue weighted by Gasteiger charge is 2.06. The van der Waals surface area contributed by atoms with E-state index in [1.165, 1.54) is 11.3 Å². The predicted molar refractivity (Wildman–Crippen MR) is 88.1 cm³/mol. The standard InChI is InChI=1S/C16H27NO2S/c1-5-20-10-6-9-19-16-11-15(18-4)8-7-14(16)12-17-13(2)3/h7-8,11,13,17H,5-6,9-10,12H2,1-4H3. The van der Waals surface area contributed by atoms with Crippen LogP contribution in [0.4, 0.5) is 0 Å². The minimum Gasteiger partial charge on any atom is -0.497 e. The van der Waals surface area contributed by atoms with E-state index in [1.54, 1.807) is 7.11 Å². The summed E-state index contributed by atoms with van der Waals surface area (Å²) < 4.78 is 11.2. The van der Waals surface area contributed by atoms with E-state index in [4.69, 9.17) is 9.47 Å². The summed E-state index contributed by atoms with van der Waals surface area (Å²) >= 11 is 1.95. The van der Waals surface area contributed by atoms with E-state index in [0.717, 1.165) is 36.8 Å². The van der Waals surface area contributed by atoms with Gasteiger partial charge in [0.15, 0.2) is 0 Å². The minimum atomic E-state index is 0.464. The van der Waals surface area contributed by atoms with Gasteiger partial charge in [-0.05, 0) is 24.0 Å². The molecule has 0 spiro atoms. The Hall–Kier alpha value is -0.870. The number of hydrogen-bond donors (Lipinski definition) is 1. The third-order valence-corrected chi connectivity index (χ3v) is 3.86. The van der Waals surface area contributed by atoms with E-state index in [9.17, 15) is 0 Å². The van der Waals surface area contributed by atoms with Crippen LogP contribution < -0.4 is 14.8 Å². The second-order valence-electron chi connectivity index (χ2n) is 4.91. The van der Waals surface area contributed by atoms with Crippen molar-refractivity contribution >= 4 is 11.8 Å². The molecule has 0 amide bonds. The van der Waals surface area contributed by atoms with Gasteiger partial charge >= 0.3 is 0 Å². The second-order valence-corrected chi connectivity index (χ2v) is 6.30. The van der Waals surface area contributed by atoms with Crippen molar-refractivity contribution < 1.29 is 9.47 Å². The van der Waals surface area contributed by atoms with E-state index in [1.807, 2.05) is 23.9 Å². The molecule has 0 heterocycles. The van der Waals surface area contributed by atoms with Crippen molar-refractivity contribution in [2.75, 3.05) is 25.2 Å². The topological polar surface area (TPSA) is 30.5 Å². The minimum absolute atomic E-state index is 0.464. The van der Waals surface area contributed by atoms with Gasteiger partial charge in [-0.2, -0.15) is 11.8 Å². The Labute approximate surface area is 127 Å². The molecule has 0 atom stereocenters. The fourth-order valence-corrected chi connectivity index (χ4v) is 2.35. The van der Waals surface area contributed by atoms with Crippen LogP contribution in [0.2, 0.25) is 0 Å². The monoisotopic (exact) mass is 297 g/mol. The van der Waals surface area contributed by atoms with Crippen LogP contribution in [0.1, 0.15) is 32.8 Å². The Balaban J connectivity index is 2.58. The molecule has 0 radical (unpaired) electrons. The Morgan fingerprint density at radius 2 is 2.10 bits per heavy atom. The third-order valence-electron chi connectivity index (χ3n) is 2.87. The molecule has 0 bridgehead atoms. The van der Waals surface area contributed by atoms with Crippen LogP contribution in [0.15, 0.2) is 18.2 Å². The number of rotatable bonds is 10. The number of thioether (sulfide) groups is 1. The van der Waals surface area contributed by atoms with Crippen molar-refractivity contribution in [2.24, 2.45) is 0 Å². The summed E-state index contributed by atoms with van der Waals surface area (Å²) in [4.78, 5) is 0. The molecule has 20 heavy (non-hydrogen) atoms. The summed E-state index contributed by atoms with van der Waals surface area (Å²) in [5.74, 6) is 4.10. The first kappa shape index (κ1) is 17.2. The normalized spacial score (nSPS) is 10.8. The average molecular weight is 297 g/mol. The Kier molecular flexibility index (Phi) is 8.54. The maximum atomic E-state index is 5.93. The number of benzene rings is 1. The molecule has 0 aliphatic rings. The summed E-state index contributed by atoms with van der Waals surface area (Å²) in [5, 5.41) is 3.43. The molecule has 114 valence electrons.